The van der Waals surface area contributed by atoms with Gasteiger partial charge in [0.25, 0.3) is 0 Å². The Balaban J connectivity index is 1.67. The van der Waals surface area contributed by atoms with Crippen LogP contribution in [0.5, 0.6) is 11.5 Å². The number of thiazole rings is 1. The maximum Gasteiger partial charge on any atom is 0.203 e. The number of anilines is 1. The molecule has 0 bridgehead atoms. The fourth-order valence-corrected chi connectivity index (χ4v) is 3.56. The fraction of sp³-hybridized carbons (Fsp3) is 0.200. The van der Waals surface area contributed by atoms with Crippen molar-refractivity contribution >= 4 is 38.6 Å². The molecule has 1 aromatic heterocycles. The monoisotopic (exact) mass is 445 g/mol. The maximum atomic E-state index is 5.71. The average Bonchev–Trinajstić information content (AvgIpc) is 3.12. The predicted molar refractivity (Wildman–Crippen MR) is 115 cm³/mol. The number of hydrogen-bond donors (Lipinski definition) is 1. The number of halogens is 1. The first-order chi connectivity index (χ1) is 13.1. The van der Waals surface area contributed by atoms with Crippen molar-refractivity contribution in [2.45, 2.75) is 20.0 Å². The van der Waals surface area contributed by atoms with Crippen LogP contribution in [-0.4, -0.2) is 24.4 Å². The number of benzene rings is 2. The standard InChI is InChI=1S/C20H20BrN3O2S/c1-13(2)26-19-9-8-14(10-16(19)21)11-22-24-20-23-17(12-27-20)15-6-4-5-7-18(15)25-3/h4-13H,1-3H3,(H,23,24)/b22-11-. The maximum absolute atomic E-state index is 5.71. The van der Waals surface area contributed by atoms with Crippen molar-refractivity contribution in [3.05, 3.63) is 57.9 Å². The number of rotatable bonds is 7. The van der Waals surface area contributed by atoms with Crippen molar-refractivity contribution in [3.63, 3.8) is 0 Å². The van der Waals surface area contributed by atoms with Crippen LogP contribution in [-0.2, 0) is 0 Å². The van der Waals surface area contributed by atoms with Gasteiger partial charge in [-0.25, -0.2) is 4.98 Å². The summed E-state index contributed by atoms with van der Waals surface area (Å²) in [6, 6.07) is 13.7. The second-order valence-electron chi connectivity index (χ2n) is 5.96. The van der Waals surface area contributed by atoms with Crippen LogP contribution in [0.15, 0.2) is 57.4 Å². The van der Waals surface area contributed by atoms with E-state index in [1.807, 2.05) is 61.7 Å². The lowest BCUT2D eigenvalue weighted by atomic mass is 10.1. The molecule has 140 valence electrons. The minimum atomic E-state index is 0.129. The number of hydrogen-bond acceptors (Lipinski definition) is 6. The van der Waals surface area contributed by atoms with E-state index in [1.165, 1.54) is 11.3 Å². The van der Waals surface area contributed by atoms with Crippen LogP contribution in [0.25, 0.3) is 11.3 Å². The Kier molecular flexibility index (Phi) is 6.47. The minimum absolute atomic E-state index is 0.129. The van der Waals surface area contributed by atoms with Gasteiger partial charge in [0.15, 0.2) is 0 Å². The molecule has 0 saturated heterocycles. The van der Waals surface area contributed by atoms with Gasteiger partial charge in [-0.3, -0.25) is 5.43 Å². The van der Waals surface area contributed by atoms with E-state index in [2.05, 4.69) is 31.4 Å². The molecule has 0 aliphatic heterocycles. The van der Waals surface area contributed by atoms with Crippen LogP contribution in [0.4, 0.5) is 5.13 Å². The molecule has 5 nitrogen and oxygen atoms in total. The highest BCUT2D eigenvalue weighted by Crippen LogP contribution is 2.32. The number of aromatic nitrogens is 1. The largest absolute Gasteiger partial charge is 0.496 e. The summed E-state index contributed by atoms with van der Waals surface area (Å²) < 4.78 is 12.0. The normalized spacial score (nSPS) is 11.1. The van der Waals surface area contributed by atoms with Crippen LogP contribution < -0.4 is 14.9 Å². The number of methoxy groups -OCH3 is 1. The summed E-state index contributed by atoms with van der Waals surface area (Å²) in [5, 5.41) is 6.96. The zero-order valence-corrected chi connectivity index (χ0v) is 17.7. The van der Waals surface area contributed by atoms with E-state index in [0.29, 0.717) is 5.13 Å². The van der Waals surface area contributed by atoms with Gasteiger partial charge < -0.3 is 9.47 Å². The molecule has 1 N–H and O–H groups in total. The lowest BCUT2D eigenvalue weighted by molar-refractivity contribution is 0.241. The van der Waals surface area contributed by atoms with Crippen LogP contribution >= 0.6 is 27.3 Å². The quantitative estimate of drug-likeness (QED) is 0.367. The summed E-state index contributed by atoms with van der Waals surface area (Å²) >= 11 is 5.02. The summed E-state index contributed by atoms with van der Waals surface area (Å²) in [5.74, 6) is 1.61. The predicted octanol–water partition coefficient (Wildman–Crippen LogP) is 5.81. The fourth-order valence-electron chi connectivity index (χ4n) is 2.41. The van der Waals surface area contributed by atoms with Crippen molar-refractivity contribution < 1.29 is 9.47 Å². The van der Waals surface area contributed by atoms with Crippen LogP contribution in [0.3, 0.4) is 0 Å². The van der Waals surface area contributed by atoms with Gasteiger partial charge in [-0.05, 0) is 65.7 Å². The number of nitrogens with one attached hydrogen (secondary N) is 1. The SMILES string of the molecule is COc1ccccc1-c1csc(N/N=C\c2ccc(OC(C)C)c(Br)c2)n1. The zero-order valence-electron chi connectivity index (χ0n) is 15.3. The highest BCUT2D eigenvalue weighted by molar-refractivity contribution is 9.10. The van der Waals surface area contributed by atoms with E-state index in [1.54, 1.807) is 13.3 Å². The smallest absolute Gasteiger partial charge is 0.203 e. The highest BCUT2D eigenvalue weighted by atomic mass is 79.9. The van der Waals surface area contributed by atoms with E-state index < -0.39 is 0 Å². The molecule has 0 amide bonds. The summed E-state index contributed by atoms with van der Waals surface area (Å²) in [5.41, 5.74) is 5.74. The van der Waals surface area contributed by atoms with Gasteiger partial charge in [-0.2, -0.15) is 5.10 Å². The Morgan fingerprint density at radius 1 is 1.19 bits per heavy atom. The van der Waals surface area contributed by atoms with Crippen LogP contribution in [0, 0.1) is 0 Å². The number of ether oxygens (including phenoxy) is 2. The summed E-state index contributed by atoms with van der Waals surface area (Å²) in [7, 11) is 1.66. The molecule has 2 aromatic carbocycles. The van der Waals surface area contributed by atoms with E-state index in [4.69, 9.17) is 9.47 Å². The van der Waals surface area contributed by atoms with Gasteiger partial charge in [-0.15, -0.1) is 11.3 Å². The van der Waals surface area contributed by atoms with Gasteiger partial charge in [0, 0.05) is 10.9 Å². The molecule has 0 atom stereocenters. The molecule has 3 aromatic rings. The topological polar surface area (TPSA) is 55.7 Å². The third-order valence-corrected chi connectivity index (χ3v) is 4.95. The minimum Gasteiger partial charge on any atom is -0.496 e. The van der Waals surface area contributed by atoms with Crippen molar-refractivity contribution in [1.82, 2.24) is 4.98 Å². The Labute approximate surface area is 171 Å². The van der Waals surface area contributed by atoms with Gasteiger partial charge in [0.05, 0.1) is 29.6 Å². The first-order valence-electron chi connectivity index (χ1n) is 8.41. The molecule has 0 saturated carbocycles. The lowest BCUT2D eigenvalue weighted by Gasteiger charge is -2.11. The van der Waals surface area contributed by atoms with E-state index >= 15 is 0 Å². The third kappa shape index (κ3) is 5.08. The van der Waals surface area contributed by atoms with Gasteiger partial charge in [0.1, 0.15) is 11.5 Å². The van der Waals surface area contributed by atoms with Gasteiger partial charge >= 0.3 is 0 Å². The number of hydrazone groups is 1. The van der Waals surface area contributed by atoms with Crippen molar-refractivity contribution in [1.29, 1.82) is 0 Å². The van der Waals surface area contributed by atoms with E-state index in [0.717, 1.165) is 32.8 Å². The van der Waals surface area contributed by atoms with Gasteiger partial charge in [0.2, 0.25) is 5.13 Å². The summed E-state index contributed by atoms with van der Waals surface area (Å²) in [6.45, 7) is 4.00. The second kappa shape index (κ2) is 9.01. The first kappa shape index (κ1) is 19.4. The van der Waals surface area contributed by atoms with Crippen molar-refractivity contribution in [2.75, 3.05) is 12.5 Å². The molecule has 0 fully saturated rings. The average molecular weight is 446 g/mol. The summed E-state index contributed by atoms with van der Waals surface area (Å²) in [6.07, 6.45) is 1.87. The first-order valence-corrected chi connectivity index (χ1v) is 10.1. The molecule has 0 aliphatic carbocycles. The second-order valence-corrected chi connectivity index (χ2v) is 7.68. The Morgan fingerprint density at radius 3 is 2.74 bits per heavy atom. The molecule has 3 rings (SSSR count). The molecule has 27 heavy (non-hydrogen) atoms. The summed E-state index contributed by atoms with van der Waals surface area (Å²) in [4.78, 5) is 4.57. The lowest BCUT2D eigenvalue weighted by Crippen LogP contribution is -2.06. The Morgan fingerprint density at radius 2 is 2.00 bits per heavy atom. The van der Waals surface area contributed by atoms with E-state index in [-0.39, 0.29) is 6.10 Å². The Bertz CT molecular complexity index is 940. The molecule has 7 heteroatoms. The molecule has 1 heterocycles. The third-order valence-electron chi connectivity index (χ3n) is 3.58. The van der Waals surface area contributed by atoms with Crippen LogP contribution in [0.1, 0.15) is 19.4 Å². The molecular weight excluding hydrogens is 426 g/mol. The molecule has 0 aliphatic rings. The molecular formula is C20H20BrN3O2S. The molecule has 0 radical (unpaired) electrons. The molecule has 0 unspecified atom stereocenters. The number of nitrogens with zero attached hydrogens (tertiary/aromatic N) is 2. The highest BCUT2D eigenvalue weighted by Gasteiger charge is 2.09. The van der Waals surface area contributed by atoms with Crippen LogP contribution in [0.2, 0.25) is 0 Å². The molecule has 0 spiro atoms. The van der Waals surface area contributed by atoms with Crippen molar-refractivity contribution in [3.8, 4) is 22.8 Å². The van der Waals surface area contributed by atoms with E-state index in [9.17, 15) is 0 Å². The van der Waals surface area contributed by atoms with Crippen molar-refractivity contribution in [2.24, 2.45) is 5.10 Å². The number of para-hydroxylation sites is 1. The Hall–Kier alpha value is -2.38. The zero-order chi connectivity index (χ0) is 19.2. The van der Waals surface area contributed by atoms with Gasteiger partial charge in [-0.1, -0.05) is 12.1 Å².